The van der Waals surface area contributed by atoms with Crippen molar-refractivity contribution in [3.63, 3.8) is 0 Å². The van der Waals surface area contributed by atoms with Gasteiger partial charge in [-0.1, -0.05) is 6.07 Å². The zero-order valence-electron chi connectivity index (χ0n) is 13.6. The molecule has 0 fully saturated rings. The second kappa shape index (κ2) is 6.97. The highest BCUT2D eigenvalue weighted by molar-refractivity contribution is 7.10. The largest absolute Gasteiger partial charge is 0.494 e. The molecule has 126 valence electrons. The van der Waals surface area contributed by atoms with Crippen LogP contribution in [0.15, 0.2) is 41.6 Å². The Kier molecular flexibility index (Phi) is 4.76. The van der Waals surface area contributed by atoms with Crippen LogP contribution in [0.5, 0.6) is 11.5 Å². The lowest BCUT2D eigenvalue weighted by atomic mass is 9.99. The van der Waals surface area contributed by atoms with Gasteiger partial charge in [-0.3, -0.25) is 4.79 Å². The van der Waals surface area contributed by atoms with E-state index in [4.69, 9.17) is 19.9 Å². The molecule has 0 saturated carbocycles. The van der Waals surface area contributed by atoms with Gasteiger partial charge in [0.25, 0.3) is 0 Å². The zero-order chi connectivity index (χ0) is 17.1. The minimum absolute atomic E-state index is 0.134. The number of carbonyl (C=O) groups excluding carboxylic acids is 1. The lowest BCUT2D eigenvalue weighted by molar-refractivity contribution is -0.120. The summed E-state index contributed by atoms with van der Waals surface area (Å²) in [5, 5.41) is 1.91. The molecule has 5 nitrogen and oxygen atoms in total. The molecule has 1 atom stereocenters. The topological polar surface area (TPSA) is 70.8 Å². The van der Waals surface area contributed by atoms with Gasteiger partial charge in [0.2, 0.25) is 5.78 Å². The molecule has 1 aliphatic heterocycles. The Morgan fingerprint density at radius 3 is 2.38 bits per heavy atom. The molecule has 6 heteroatoms. The molecule has 0 spiro atoms. The van der Waals surface area contributed by atoms with Crippen LogP contribution in [-0.4, -0.2) is 19.0 Å². The molecule has 0 saturated heterocycles. The quantitative estimate of drug-likeness (QED) is 0.867. The van der Waals surface area contributed by atoms with Crippen molar-refractivity contribution in [1.82, 2.24) is 0 Å². The number of ketones is 1. The average Bonchev–Trinajstić information content (AvgIpc) is 3.16. The zero-order valence-corrected chi connectivity index (χ0v) is 14.4. The summed E-state index contributed by atoms with van der Waals surface area (Å²) in [5.41, 5.74) is 7.02. The van der Waals surface area contributed by atoms with E-state index in [0.717, 1.165) is 4.88 Å². The van der Waals surface area contributed by atoms with Crippen LogP contribution in [0.25, 0.3) is 5.57 Å². The molecule has 1 aliphatic rings. The van der Waals surface area contributed by atoms with E-state index in [1.807, 2.05) is 31.4 Å². The molecule has 2 heterocycles. The fraction of sp³-hybridized carbons (Fsp3) is 0.278. The summed E-state index contributed by atoms with van der Waals surface area (Å²) in [6.45, 7) is 4.84. The SMILES string of the molecule is CCOc1cc(OCC)cc(C2=C(N)OC(c3cccs3)C2=O)c1. The molecular weight excluding hydrogens is 326 g/mol. The van der Waals surface area contributed by atoms with Crippen LogP contribution >= 0.6 is 11.3 Å². The molecule has 3 rings (SSSR count). The second-order valence-corrected chi connectivity index (χ2v) is 6.16. The predicted molar refractivity (Wildman–Crippen MR) is 93.0 cm³/mol. The van der Waals surface area contributed by atoms with Gasteiger partial charge in [0.15, 0.2) is 12.0 Å². The lowest BCUT2D eigenvalue weighted by Gasteiger charge is -2.11. The van der Waals surface area contributed by atoms with Gasteiger partial charge >= 0.3 is 0 Å². The number of benzene rings is 1. The molecule has 0 amide bonds. The Morgan fingerprint density at radius 2 is 1.83 bits per heavy atom. The van der Waals surface area contributed by atoms with E-state index in [0.29, 0.717) is 35.8 Å². The van der Waals surface area contributed by atoms with Crippen molar-refractivity contribution in [1.29, 1.82) is 0 Å². The molecule has 2 N–H and O–H groups in total. The number of hydrogen-bond donors (Lipinski definition) is 1. The van der Waals surface area contributed by atoms with Crippen molar-refractivity contribution in [2.45, 2.75) is 20.0 Å². The van der Waals surface area contributed by atoms with Crippen molar-refractivity contribution in [3.05, 3.63) is 52.0 Å². The van der Waals surface area contributed by atoms with E-state index < -0.39 is 6.10 Å². The Bertz CT molecular complexity index is 743. The molecule has 1 unspecified atom stereocenters. The summed E-state index contributed by atoms with van der Waals surface area (Å²) in [5.74, 6) is 1.25. The van der Waals surface area contributed by atoms with Crippen LogP contribution in [0.2, 0.25) is 0 Å². The third-order valence-corrected chi connectivity index (χ3v) is 4.48. The maximum atomic E-state index is 12.8. The van der Waals surface area contributed by atoms with Crippen molar-refractivity contribution >= 4 is 22.7 Å². The van der Waals surface area contributed by atoms with Crippen molar-refractivity contribution < 1.29 is 19.0 Å². The highest BCUT2D eigenvalue weighted by Crippen LogP contribution is 2.39. The highest BCUT2D eigenvalue weighted by Gasteiger charge is 2.37. The van der Waals surface area contributed by atoms with Gasteiger partial charge in [-0.15, -0.1) is 11.3 Å². The third kappa shape index (κ3) is 3.10. The van der Waals surface area contributed by atoms with Crippen LogP contribution in [0.3, 0.4) is 0 Å². The fourth-order valence-corrected chi connectivity index (χ4v) is 3.37. The number of rotatable bonds is 6. The molecule has 2 aromatic rings. The Labute approximate surface area is 144 Å². The van der Waals surface area contributed by atoms with Gasteiger partial charge in [0.1, 0.15) is 11.5 Å². The van der Waals surface area contributed by atoms with E-state index in [1.165, 1.54) is 11.3 Å². The van der Waals surface area contributed by atoms with Crippen molar-refractivity contribution in [3.8, 4) is 11.5 Å². The summed E-state index contributed by atoms with van der Waals surface area (Å²) in [7, 11) is 0. The van der Waals surface area contributed by atoms with E-state index in [-0.39, 0.29) is 11.7 Å². The fourth-order valence-electron chi connectivity index (χ4n) is 2.62. The first kappa shape index (κ1) is 16.4. The first-order valence-electron chi connectivity index (χ1n) is 7.79. The van der Waals surface area contributed by atoms with Crippen LogP contribution in [0, 0.1) is 0 Å². The highest BCUT2D eigenvalue weighted by atomic mass is 32.1. The maximum Gasteiger partial charge on any atom is 0.214 e. The van der Waals surface area contributed by atoms with Crippen molar-refractivity contribution in [2.75, 3.05) is 13.2 Å². The minimum Gasteiger partial charge on any atom is -0.494 e. The standard InChI is InChI=1S/C18H19NO4S/c1-3-21-12-8-11(9-13(10-12)22-4-2)15-16(20)17(23-18(15)19)14-6-5-7-24-14/h5-10,17H,3-4,19H2,1-2H3. The lowest BCUT2D eigenvalue weighted by Crippen LogP contribution is -2.08. The van der Waals surface area contributed by atoms with E-state index in [9.17, 15) is 4.79 Å². The van der Waals surface area contributed by atoms with Crippen LogP contribution in [-0.2, 0) is 9.53 Å². The van der Waals surface area contributed by atoms with Gasteiger partial charge in [-0.05, 0) is 43.0 Å². The number of nitrogens with two attached hydrogens (primary N) is 1. The molecular formula is C18H19NO4S. The van der Waals surface area contributed by atoms with Gasteiger partial charge in [0.05, 0.1) is 23.7 Å². The number of ether oxygens (including phenoxy) is 3. The smallest absolute Gasteiger partial charge is 0.214 e. The average molecular weight is 345 g/mol. The van der Waals surface area contributed by atoms with E-state index in [2.05, 4.69) is 0 Å². The maximum absolute atomic E-state index is 12.8. The Hall–Kier alpha value is -2.47. The van der Waals surface area contributed by atoms with Gasteiger partial charge in [0, 0.05) is 6.07 Å². The summed E-state index contributed by atoms with van der Waals surface area (Å²) < 4.78 is 16.8. The molecule has 1 aromatic heterocycles. The summed E-state index contributed by atoms with van der Waals surface area (Å²) >= 11 is 1.47. The first-order chi connectivity index (χ1) is 11.6. The Balaban J connectivity index is 1.98. The molecule has 0 bridgehead atoms. The van der Waals surface area contributed by atoms with E-state index >= 15 is 0 Å². The van der Waals surface area contributed by atoms with E-state index in [1.54, 1.807) is 18.2 Å². The van der Waals surface area contributed by atoms with Gasteiger partial charge in [-0.2, -0.15) is 0 Å². The molecule has 24 heavy (non-hydrogen) atoms. The van der Waals surface area contributed by atoms with Crippen LogP contribution in [0.4, 0.5) is 0 Å². The molecule has 0 aliphatic carbocycles. The number of thiophene rings is 1. The Morgan fingerprint density at radius 1 is 1.17 bits per heavy atom. The van der Waals surface area contributed by atoms with Crippen molar-refractivity contribution in [2.24, 2.45) is 5.73 Å². The summed E-state index contributed by atoms with van der Waals surface area (Å²) in [4.78, 5) is 13.7. The molecule has 0 radical (unpaired) electrons. The number of hydrogen-bond acceptors (Lipinski definition) is 6. The molecule has 1 aromatic carbocycles. The van der Waals surface area contributed by atoms with Gasteiger partial charge in [-0.25, -0.2) is 0 Å². The minimum atomic E-state index is -0.675. The van der Waals surface area contributed by atoms with Crippen LogP contribution in [0.1, 0.15) is 30.4 Å². The monoisotopic (exact) mass is 345 g/mol. The first-order valence-corrected chi connectivity index (χ1v) is 8.67. The normalized spacial score (nSPS) is 17.1. The van der Waals surface area contributed by atoms with Crippen LogP contribution < -0.4 is 15.2 Å². The number of carbonyl (C=O) groups is 1. The predicted octanol–water partition coefficient (Wildman–Crippen LogP) is 3.51. The number of Topliss-reactive ketones (excluding diaryl/α,β-unsaturated/α-hetero) is 1. The third-order valence-electron chi connectivity index (χ3n) is 3.57. The van der Waals surface area contributed by atoms with Gasteiger partial charge < -0.3 is 19.9 Å². The summed E-state index contributed by atoms with van der Waals surface area (Å²) in [6.07, 6.45) is -0.675. The summed E-state index contributed by atoms with van der Waals surface area (Å²) in [6, 6.07) is 9.11. The second-order valence-electron chi connectivity index (χ2n) is 5.18.